The molecule has 3 heterocycles. The van der Waals surface area contributed by atoms with Crippen LogP contribution in [0.5, 0.6) is 5.75 Å². The van der Waals surface area contributed by atoms with Crippen LogP contribution in [0.3, 0.4) is 0 Å². The fourth-order valence-electron chi connectivity index (χ4n) is 3.31. The molecule has 4 rings (SSSR count). The Morgan fingerprint density at radius 1 is 1.39 bits per heavy atom. The number of rotatable bonds is 8. The van der Waals surface area contributed by atoms with E-state index in [1.54, 1.807) is 18.2 Å². The molecule has 0 aliphatic carbocycles. The number of ether oxygens (including phenoxy) is 3. The fraction of sp³-hybridized carbons (Fsp3) is 0.360. The average Bonchev–Trinajstić information content (AvgIpc) is 3.31. The second-order valence-corrected chi connectivity index (χ2v) is 8.97. The van der Waals surface area contributed by atoms with E-state index >= 15 is 0 Å². The van der Waals surface area contributed by atoms with Crippen LogP contribution in [0.15, 0.2) is 36.7 Å². The van der Waals surface area contributed by atoms with Crippen molar-refractivity contribution in [1.29, 1.82) is 0 Å². The summed E-state index contributed by atoms with van der Waals surface area (Å²) >= 11 is 1.47. The molecule has 36 heavy (non-hydrogen) atoms. The summed E-state index contributed by atoms with van der Waals surface area (Å²) in [6.07, 6.45) is 6.83. The molecule has 1 fully saturated rings. The Morgan fingerprint density at radius 3 is 3.00 bits per heavy atom. The first-order chi connectivity index (χ1) is 17.5. The van der Waals surface area contributed by atoms with E-state index in [2.05, 4.69) is 26.8 Å². The number of halogens is 1. The molecule has 0 radical (unpaired) electrons. The van der Waals surface area contributed by atoms with Gasteiger partial charge in [0.2, 0.25) is 0 Å². The molecular weight excluding hydrogens is 487 g/mol. The lowest BCUT2D eigenvalue weighted by molar-refractivity contribution is -0.195. The topological polar surface area (TPSA) is 107 Å². The van der Waals surface area contributed by atoms with Crippen LogP contribution in [-0.2, 0) is 9.47 Å². The summed E-state index contributed by atoms with van der Waals surface area (Å²) in [5.41, 5.74) is 1.23. The lowest BCUT2D eigenvalue weighted by Gasteiger charge is -2.26. The zero-order valence-electron chi connectivity index (χ0n) is 19.6. The Morgan fingerprint density at radius 2 is 2.28 bits per heavy atom. The molecule has 2 aromatic heterocycles. The Kier molecular flexibility index (Phi) is 8.78. The first-order valence-electron chi connectivity index (χ1n) is 11.3. The molecule has 0 spiro atoms. The van der Waals surface area contributed by atoms with Crippen LogP contribution in [0.25, 0.3) is 16.3 Å². The zero-order valence-corrected chi connectivity index (χ0v) is 20.4. The van der Waals surface area contributed by atoms with Crippen LogP contribution in [-0.4, -0.2) is 65.5 Å². The Hall–Kier alpha value is -3.59. The number of hydrogen-bond acceptors (Lipinski definition) is 8. The monoisotopic (exact) mass is 512 g/mol. The molecule has 11 heteroatoms. The molecule has 1 aliphatic rings. The maximum Gasteiger partial charge on any atom is 0.412 e. The molecule has 2 unspecified atom stereocenters. The molecule has 1 aliphatic heterocycles. The molecule has 1 amide bonds. The molecule has 0 bridgehead atoms. The van der Waals surface area contributed by atoms with E-state index in [4.69, 9.17) is 19.3 Å². The van der Waals surface area contributed by atoms with Crippen molar-refractivity contribution >= 4 is 39.5 Å². The third-order valence-corrected chi connectivity index (χ3v) is 6.23. The van der Waals surface area contributed by atoms with Gasteiger partial charge in [0.25, 0.3) is 0 Å². The standard InChI is InChI=1S/C25H25FN4O5S/c1-30(25(31)32)22-15-27-17(14-28-22)6-2-3-7-23-29-20-10-9-18(12-21(20)36-23)34-16-19(13-26)35-24-8-4-5-11-33-24/h3,7,9-10,12,14-15,19,24H,4-5,8,11,13,16H2,1H3,(H,31,32). The first-order valence-corrected chi connectivity index (χ1v) is 12.2. The highest BCUT2D eigenvalue weighted by atomic mass is 32.1. The number of amides is 1. The number of benzene rings is 1. The maximum absolute atomic E-state index is 13.4. The molecule has 1 aromatic carbocycles. The van der Waals surface area contributed by atoms with Gasteiger partial charge in [-0.2, -0.15) is 0 Å². The second kappa shape index (κ2) is 12.4. The van der Waals surface area contributed by atoms with E-state index in [1.165, 1.54) is 30.8 Å². The second-order valence-electron chi connectivity index (χ2n) is 7.91. The van der Waals surface area contributed by atoms with Crippen LogP contribution >= 0.6 is 11.3 Å². The van der Waals surface area contributed by atoms with Crippen molar-refractivity contribution in [1.82, 2.24) is 15.0 Å². The van der Waals surface area contributed by atoms with Gasteiger partial charge in [0.1, 0.15) is 35.8 Å². The van der Waals surface area contributed by atoms with Gasteiger partial charge in [-0.3, -0.25) is 4.90 Å². The van der Waals surface area contributed by atoms with Crippen molar-refractivity contribution in [2.75, 3.05) is 31.8 Å². The summed E-state index contributed by atoms with van der Waals surface area (Å²) in [5.74, 6) is 6.54. The van der Waals surface area contributed by atoms with E-state index in [1.807, 2.05) is 12.1 Å². The minimum atomic E-state index is -1.12. The van der Waals surface area contributed by atoms with Crippen LogP contribution in [0, 0.1) is 11.8 Å². The summed E-state index contributed by atoms with van der Waals surface area (Å²) in [4.78, 5) is 24.6. The van der Waals surface area contributed by atoms with E-state index < -0.39 is 18.9 Å². The Bertz CT molecular complexity index is 1260. The fourth-order valence-corrected chi connectivity index (χ4v) is 4.21. The predicted octanol–water partition coefficient (Wildman–Crippen LogP) is 4.53. The number of alkyl halides is 1. The van der Waals surface area contributed by atoms with Gasteiger partial charge in [0.05, 0.1) is 22.6 Å². The molecule has 2 atom stereocenters. The highest BCUT2D eigenvalue weighted by Crippen LogP contribution is 2.27. The quantitative estimate of drug-likeness (QED) is 0.439. The number of anilines is 1. The summed E-state index contributed by atoms with van der Waals surface area (Å²) in [7, 11) is 1.39. The number of aromatic nitrogens is 3. The molecule has 188 valence electrons. The van der Waals surface area contributed by atoms with Crippen molar-refractivity contribution in [3.05, 3.63) is 47.4 Å². The van der Waals surface area contributed by atoms with Gasteiger partial charge < -0.3 is 19.3 Å². The van der Waals surface area contributed by atoms with E-state index in [0.717, 1.165) is 39.4 Å². The van der Waals surface area contributed by atoms with Crippen LogP contribution < -0.4 is 9.64 Å². The van der Waals surface area contributed by atoms with Gasteiger partial charge in [-0.1, -0.05) is 5.92 Å². The summed E-state index contributed by atoms with van der Waals surface area (Å²) < 4.78 is 31.3. The predicted molar refractivity (Wildman–Crippen MR) is 134 cm³/mol. The summed E-state index contributed by atoms with van der Waals surface area (Å²) in [6.45, 7) is 0.0930. The first kappa shape index (κ1) is 25.5. The van der Waals surface area contributed by atoms with Crippen molar-refractivity contribution in [2.45, 2.75) is 31.7 Å². The SMILES string of the molecule is CN(C(=O)O)c1cnc(C#CC=Cc2nc3ccc(OCC(CF)OC4CCCCO4)cc3s2)cn1. The third kappa shape index (κ3) is 6.97. The maximum atomic E-state index is 13.4. The van der Waals surface area contributed by atoms with Crippen molar-refractivity contribution in [2.24, 2.45) is 0 Å². The van der Waals surface area contributed by atoms with Gasteiger partial charge in [0.15, 0.2) is 12.1 Å². The minimum Gasteiger partial charge on any atom is -0.491 e. The average molecular weight is 513 g/mol. The summed E-state index contributed by atoms with van der Waals surface area (Å²) in [6, 6.07) is 5.52. The smallest absolute Gasteiger partial charge is 0.412 e. The van der Waals surface area contributed by atoms with Gasteiger partial charge >= 0.3 is 6.09 Å². The van der Waals surface area contributed by atoms with Gasteiger partial charge in [0, 0.05) is 13.7 Å². The number of nitrogens with zero attached hydrogens (tertiary/aromatic N) is 4. The largest absolute Gasteiger partial charge is 0.491 e. The van der Waals surface area contributed by atoms with E-state index in [9.17, 15) is 9.18 Å². The zero-order chi connectivity index (χ0) is 25.3. The Labute approximate surface area is 211 Å². The highest BCUT2D eigenvalue weighted by Gasteiger charge is 2.20. The molecular formula is C25H25FN4O5S. The Balaban J connectivity index is 1.33. The van der Waals surface area contributed by atoms with Crippen molar-refractivity contribution in [3.63, 3.8) is 0 Å². The van der Waals surface area contributed by atoms with E-state index in [-0.39, 0.29) is 18.7 Å². The third-order valence-electron chi connectivity index (χ3n) is 5.24. The number of carbonyl (C=O) groups is 1. The highest BCUT2D eigenvalue weighted by molar-refractivity contribution is 7.19. The minimum absolute atomic E-state index is 0.0967. The number of allylic oxidation sites excluding steroid dienone is 1. The number of fused-ring (bicyclic) bond motifs is 1. The lowest BCUT2D eigenvalue weighted by atomic mass is 10.2. The van der Waals surface area contributed by atoms with Crippen molar-refractivity contribution < 1.29 is 28.5 Å². The van der Waals surface area contributed by atoms with Gasteiger partial charge in [-0.05, 0) is 55.5 Å². The molecule has 1 saturated heterocycles. The number of thiazole rings is 1. The number of hydrogen-bond donors (Lipinski definition) is 1. The number of carboxylic acid groups (broad SMARTS) is 1. The van der Waals surface area contributed by atoms with Crippen LogP contribution in [0.4, 0.5) is 15.0 Å². The molecule has 9 nitrogen and oxygen atoms in total. The van der Waals surface area contributed by atoms with Crippen LogP contribution in [0.2, 0.25) is 0 Å². The van der Waals surface area contributed by atoms with Crippen LogP contribution in [0.1, 0.15) is 30.0 Å². The normalized spacial score (nSPS) is 16.4. The van der Waals surface area contributed by atoms with Crippen molar-refractivity contribution in [3.8, 4) is 17.6 Å². The summed E-state index contributed by atoms with van der Waals surface area (Å²) in [5, 5.41) is 9.72. The lowest BCUT2D eigenvalue weighted by Crippen LogP contribution is -2.32. The molecule has 3 aromatic rings. The molecule has 0 saturated carbocycles. The van der Waals surface area contributed by atoms with Gasteiger partial charge in [-0.25, -0.2) is 24.1 Å². The van der Waals surface area contributed by atoms with E-state index in [0.29, 0.717) is 18.1 Å². The molecule has 1 N–H and O–H groups in total. The van der Waals surface area contributed by atoms with Gasteiger partial charge in [-0.15, -0.1) is 11.3 Å².